The van der Waals surface area contributed by atoms with Gasteiger partial charge in [0.15, 0.2) is 0 Å². The third kappa shape index (κ3) is 3.01. The number of nitrogens with one attached hydrogen (secondary N) is 1. The summed E-state index contributed by atoms with van der Waals surface area (Å²) < 4.78 is 0. The lowest BCUT2D eigenvalue weighted by Crippen LogP contribution is -2.27. The van der Waals surface area contributed by atoms with E-state index in [1.165, 1.54) is 55.1 Å². The van der Waals surface area contributed by atoms with Crippen LogP contribution in [0.1, 0.15) is 24.8 Å². The molecule has 2 nitrogen and oxygen atoms in total. The molecule has 0 spiro atoms. The third-order valence-electron chi connectivity index (χ3n) is 3.93. The summed E-state index contributed by atoms with van der Waals surface area (Å²) in [6.45, 7) is 3.49. The van der Waals surface area contributed by atoms with Crippen LogP contribution in [0.4, 0.5) is 5.69 Å². The Labute approximate surface area is 114 Å². The van der Waals surface area contributed by atoms with E-state index in [1.807, 2.05) is 0 Å². The Morgan fingerprint density at radius 2 is 1.94 bits per heavy atom. The van der Waals surface area contributed by atoms with Gasteiger partial charge in [0.1, 0.15) is 0 Å². The average Bonchev–Trinajstić information content (AvgIpc) is 3.10. The van der Waals surface area contributed by atoms with Gasteiger partial charge in [-0.1, -0.05) is 12.1 Å². The molecule has 1 aromatic rings. The standard InChI is InChI=1S/C15H22N2S/c1-2-9-17(8-1)15-5-3-13(4-6-15)11-16-14-7-10-18-12-14/h3-6,14,16H,1-2,7-12H2. The molecular formula is C15H22N2S. The van der Waals surface area contributed by atoms with Gasteiger partial charge in [0.2, 0.25) is 0 Å². The van der Waals surface area contributed by atoms with Gasteiger partial charge in [-0.25, -0.2) is 0 Å². The van der Waals surface area contributed by atoms with Crippen molar-refractivity contribution in [2.45, 2.75) is 31.8 Å². The fraction of sp³-hybridized carbons (Fsp3) is 0.600. The van der Waals surface area contributed by atoms with Crippen molar-refractivity contribution in [2.24, 2.45) is 0 Å². The van der Waals surface area contributed by atoms with Crippen molar-refractivity contribution >= 4 is 17.4 Å². The zero-order valence-corrected chi connectivity index (χ0v) is 11.7. The van der Waals surface area contributed by atoms with Gasteiger partial charge in [0.05, 0.1) is 0 Å². The Kier molecular flexibility index (Phi) is 4.11. The van der Waals surface area contributed by atoms with Gasteiger partial charge in [-0.2, -0.15) is 11.8 Å². The van der Waals surface area contributed by atoms with Gasteiger partial charge in [-0.15, -0.1) is 0 Å². The number of hydrogen-bond acceptors (Lipinski definition) is 3. The van der Waals surface area contributed by atoms with Crippen LogP contribution in [0.2, 0.25) is 0 Å². The topological polar surface area (TPSA) is 15.3 Å². The molecule has 2 heterocycles. The van der Waals surface area contributed by atoms with E-state index in [1.54, 1.807) is 0 Å². The number of rotatable bonds is 4. The van der Waals surface area contributed by atoms with E-state index in [2.05, 4.69) is 46.2 Å². The molecule has 0 saturated carbocycles. The molecular weight excluding hydrogens is 240 g/mol. The van der Waals surface area contributed by atoms with Crippen molar-refractivity contribution in [2.75, 3.05) is 29.5 Å². The van der Waals surface area contributed by atoms with Crippen LogP contribution < -0.4 is 10.2 Å². The second kappa shape index (κ2) is 5.98. The zero-order valence-electron chi connectivity index (χ0n) is 10.9. The Hall–Kier alpha value is -0.670. The van der Waals surface area contributed by atoms with Crippen LogP contribution in [0.5, 0.6) is 0 Å². The summed E-state index contributed by atoms with van der Waals surface area (Å²) in [7, 11) is 0. The van der Waals surface area contributed by atoms with E-state index in [0.29, 0.717) is 0 Å². The predicted molar refractivity (Wildman–Crippen MR) is 80.5 cm³/mol. The third-order valence-corrected chi connectivity index (χ3v) is 5.09. The minimum absolute atomic E-state index is 0.730. The first kappa shape index (κ1) is 12.4. The minimum atomic E-state index is 0.730. The fourth-order valence-electron chi connectivity index (χ4n) is 2.76. The Morgan fingerprint density at radius 3 is 2.61 bits per heavy atom. The predicted octanol–water partition coefficient (Wildman–Crippen LogP) is 2.88. The summed E-state index contributed by atoms with van der Waals surface area (Å²) >= 11 is 2.07. The molecule has 3 heteroatoms. The van der Waals surface area contributed by atoms with Crippen molar-refractivity contribution in [3.63, 3.8) is 0 Å². The van der Waals surface area contributed by atoms with Gasteiger partial charge in [-0.05, 0) is 42.7 Å². The summed E-state index contributed by atoms with van der Waals surface area (Å²) in [5, 5.41) is 3.65. The lowest BCUT2D eigenvalue weighted by atomic mass is 10.1. The molecule has 2 saturated heterocycles. The molecule has 1 N–H and O–H groups in total. The van der Waals surface area contributed by atoms with E-state index >= 15 is 0 Å². The van der Waals surface area contributed by atoms with Crippen molar-refractivity contribution in [1.29, 1.82) is 0 Å². The van der Waals surface area contributed by atoms with E-state index in [0.717, 1.165) is 12.6 Å². The SMILES string of the molecule is c1cc(N2CCCC2)ccc1CNC1CCSC1. The van der Waals surface area contributed by atoms with Gasteiger partial charge >= 0.3 is 0 Å². The summed E-state index contributed by atoms with van der Waals surface area (Å²) in [6.07, 6.45) is 4.03. The quantitative estimate of drug-likeness (QED) is 0.898. The maximum Gasteiger partial charge on any atom is 0.0366 e. The monoisotopic (exact) mass is 262 g/mol. The molecule has 1 aromatic carbocycles. The summed E-state index contributed by atoms with van der Waals surface area (Å²) in [6, 6.07) is 9.86. The molecule has 2 aliphatic heterocycles. The van der Waals surface area contributed by atoms with E-state index in [-0.39, 0.29) is 0 Å². The number of nitrogens with zero attached hydrogens (tertiary/aromatic N) is 1. The van der Waals surface area contributed by atoms with Gasteiger partial charge < -0.3 is 10.2 Å². The van der Waals surface area contributed by atoms with Crippen molar-refractivity contribution in [3.05, 3.63) is 29.8 Å². The van der Waals surface area contributed by atoms with Crippen LogP contribution in [0.25, 0.3) is 0 Å². The molecule has 2 fully saturated rings. The number of anilines is 1. The van der Waals surface area contributed by atoms with Crippen LogP contribution in [0, 0.1) is 0 Å². The highest BCUT2D eigenvalue weighted by atomic mass is 32.2. The first-order valence-electron chi connectivity index (χ1n) is 7.07. The lowest BCUT2D eigenvalue weighted by Gasteiger charge is -2.18. The molecule has 1 atom stereocenters. The first-order chi connectivity index (χ1) is 8.92. The largest absolute Gasteiger partial charge is 0.372 e. The summed E-state index contributed by atoms with van der Waals surface area (Å²) in [5.74, 6) is 2.61. The summed E-state index contributed by atoms with van der Waals surface area (Å²) in [4.78, 5) is 2.49. The van der Waals surface area contributed by atoms with Crippen LogP contribution >= 0.6 is 11.8 Å². The van der Waals surface area contributed by atoms with E-state index in [4.69, 9.17) is 0 Å². The van der Waals surface area contributed by atoms with Crippen LogP contribution in [-0.2, 0) is 6.54 Å². The molecule has 0 bridgehead atoms. The van der Waals surface area contributed by atoms with Crippen LogP contribution in [0.3, 0.4) is 0 Å². The van der Waals surface area contributed by atoms with Gasteiger partial charge in [-0.3, -0.25) is 0 Å². The maximum atomic E-state index is 3.65. The normalized spacial score (nSPS) is 23.8. The molecule has 0 aromatic heterocycles. The lowest BCUT2D eigenvalue weighted by molar-refractivity contribution is 0.558. The Morgan fingerprint density at radius 1 is 1.17 bits per heavy atom. The molecule has 98 valence electrons. The highest BCUT2D eigenvalue weighted by Gasteiger charge is 2.14. The molecule has 1 unspecified atom stereocenters. The number of thioether (sulfide) groups is 1. The van der Waals surface area contributed by atoms with Crippen LogP contribution in [0.15, 0.2) is 24.3 Å². The molecule has 3 rings (SSSR count). The first-order valence-corrected chi connectivity index (χ1v) is 8.22. The Bertz CT molecular complexity index is 365. The average molecular weight is 262 g/mol. The van der Waals surface area contributed by atoms with Crippen molar-refractivity contribution in [3.8, 4) is 0 Å². The smallest absolute Gasteiger partial charge is 0.0366 e. The molecule has 0 aliphatic carbocycles. The molecule has 18 heavy (non-hydrogen) atoms. The Balaban J connectivity index is 1.53. The molecule has 0 amide bonds. The van der Waals surface area contributed by atoms with Gasteiger partial charge in [0.25, 0.3) is 0 Å². The van der Waals surface area contributed by atoms with Gasteiger partial charge in [0, 0.05) is 37.1 Å². The summed E-state index contributed by atoms with van der Waals surface area (Å²) in [5.41, 5.74) is 2.81. The molecule has 0 radical (unpaired) electrons. The number of benzene rings is 1. The van der Waals surface area contributed by atoms with Crippen LogP contribution in [-0.4, -0.2) is 30.6 Å². The zero-order chi connectivity index (χ0) is 12.2. The minimum Gasteiger partial charge on any atom is -0.372 e. The maximum absolute atomic E-state index is 3.65. The highest BCUT2D eigenvalue weighted by Crippen LogP contribution is 2.21. The van der Waals surface area contributed by atoms with Crippen molar-refractivity contribution in [1.82, 2.24) is 5.32 Å². The second-order valence-corrected chi connectivity index (χ2v) is 6.45. The van der Waals surface area contributed by atoms with Crippen molar-refractivity contribution < 1.29 is 0 Å². The van der Waals surface area contributed by atoms with E-state index in [9.17, 15) is 0 Å². The fourth-order valence-corrected chi connectivity index (χ4v) is 3.94. The highest BCUT2D eigenvalue weighted by molar-refractivity contribution is 7.99. The van der Waals surface area contributed by atoms with E-state index < -0.39 is 0 Å². The molecule has 2 aliphatic rings. The number of hydrogen-bond donors (Lipinski definition) is 1. The second-order valence-electron chi connectivity index (χ2n) is 5.30.